The maximum Gasteiger partial charge on any atom is 0.0156 e. The molecule has 0 unspecified atom stereocenters. The molecule has 0 fully saturated rings. The molecular formula is C20H17Cl. The second kappa shape index (κ2) is 5.75. The van der Waals surface area contributed by atoms with Gasteiger partial charge in [-0.3, -0.25) is 0 Å². The summed E-state index contributed by atoms with van der Waals surface area (Å²) in [5.41, 5.74) is 4.92. The summed E-state index contributed by atoms with van der Waals surface area (Å²) in [6, 6.07) is 21.2. The Morgan fingerprint density at radius 1 is 0.952 bits per heavy atom. The van der Waals surface area contributed by atoms with Crippen LogP contribution in [-0.2, 0) is 0 Å². The van der Waals surface area contributed by atoms with Crippen molar-refractivity contribution >= 4 is 28.4 Å². The molecule has 3 aromatic carbocycles. The predicted molar refractivity (Wildman–Crippen MR) is 93.6 cm³/mol. The minimum atomic E-state index is 0.797. The van der Waals surface area contributed by atoms with Gasteiger partial charge in [0, 0.05) is 5.03 Å². The van der Waals surface area contributed by atoms with Crippen molar-refractivity contribution in [2.75, 3.05) is 0 Å². The summed E-state index contributed by atoms with van der Waals surface area (Å²) in [6.45, 7) is 4.09. The molecule has 104 valence electrons. The van der Waals surface area contributed by atoms with E-state index in [0.717, 1.165) is 5.03 Å². The van der Waals surface area contributed by atoms with Crippen molar-refractivity contribution in [3.05, 3.63) is 76.8 Å². The second-order valence-corrected chi connectivity index (χ2v) is 5.88. The molecule has 0 aromatic heterocycles. The van der Waals surface area contributed by atoms with Crippen molar-refractivity contribution in [3.8, 4) is 11.1 Å². The third-order valence-corrected chi connectivity index (χ3v) is 3.90. The monoisotopic (exact) mass is 292 g/mol. The van der Waals surface area contributed by atoms with E-state index in [1.165, 1.54) is 33.0 Å². The van der Waals surface area contributed by atoms with Crippen molar-refractivity contribution in [2.24, 2.45) is 0 Å². The van der Waals surface area contributed by atoms with E-state index >= 15 is 0 Å². The Morgan fingerprint density at radius 2 is 1.62 bits per heavy atom. The predicted octanol–water partition coefficient (Wildman–Crippen LogP) is 6.41. The van der Waals surface area contributed by atoms with Gasteiger partial charge in [-0.15, -0.1) is 0 Å². The van der Waals surface area contributed by atoms with Crippen molar-refractivity contribution in [3.63, 3.8) is 0 Å². The zero-order valence-electron chi connectivity index (χ0n) is 12.2. The molecule has 0 saturated carbocycles. The van der Waals surface area contributed by atoms with Crippen LogP contribution in [0.4, 0.5) is 0 Å². The van der Waals surface area contributed by atoms with Crippen LogP contribution in [0.15, 0.2) is 65.7 Å². The number of aryl methyl sites for hydroxylation is 1. The van der Waals surface area contributed by atoms with Gasteiger partial charge in [-0.05, 0) is 59.0 Å². The first kappa shape index (κ1) is 13.9. The summed E-state index contributed by atoms with van der Waals surface area (Å²) in [4.78, 5) is 0. The van der Waals surface area contributed by atoms with Gasteiger partial charge in [-0.2, -0.15) is 0 Å². The summed E-state index contributed by atoms with van der Waals surface area (Å²) < 4.78 is 0. The number of rotatable bonds is 2. The largest absolute Gasteiger partial charge is 0.0894 e. The first-order valence-electron chi connectivity index (χ1n) is 7.08. The van der Waals surface area contributed by atoms with Crippen LogP contribution in [0, 0.1) is 6.92 Å². The molecule has 0 heterocycles. The molecular weight excluding hydrogens is 276 g/mol. The Balaban J connectivity index is 2.39. The summed E-state index contributed by atoms with van der Waals surface area (Å²) >= 11 is 6.16. The van der Waals surface area contributed by atoms with E-state index < -0.39 is 0 Å². The molecule has 0 nitrogen and oxygen atoms in total. The Kier molecular flexibility index (Phi) is 3.81. The van der Waals surface area contributed by atoms with Crippen molar-refractivity contribution in [2.45, 2.75) is 13.8 Å². The molecule has 0 aliphatic carbocycles. The number of hydrogen-bond acceptors (Lipinski definition) is 0. The molecule has 0 aliphatic heterocycles. The molecule has 0 amide bonds. The van der Waals surface area contributed by atoms with Crippen LogP contribution in [0.3, 0.4) is 0 Å². The molecule has 0 N–H and O–H groups in total. The molecule has 3 rings (SSSR count). The SMILES string of the molecule is C/C(Cl)=C\c1c(-c2ccccc2)cc2ccccc2c1C. The first-order chi connectivity index (χ1) is 10.2. The second-order valence-electron chi connectivity index (χ2n) is 5.28. The Morgan fingerprint density at radius 3 is 2.33 bits per heavy atom. The van der Waals surface area contributed by atoms with Gasteiger partial charge in [-0.1, -0.05) is 66.2 Å². The molecule has 0 aliphatic rings. The quantitative estimate of drug-likeness (QED) is 0.511. The lowest BCUT2D eigenvalue weighted by molar-refractivity contribution is 1.48. The minimum Gasteiger partial charge on any atom is -0.0894 e. The topological polar surface area (TPSA) is 0 Å². The fraction of sp³-hybridized carbons (Fsp3) is 0.100. The number of benzene rings is 3. The van der Waals surface area contributed by atoms with Crippen molar-refractivity contribution in [1.29, 1.82) is 0 Å². The molecule has 0 spiro atoms. The lowest BCUT2D eigenvalue weighted by atomic mass is 9.91. The van der Waals surface area contributed by atoms with E-state index in [4.69, 9.17) is 11.6 Å². The standard InChI is InChI=1S/C20H17Cl/c1-14(21)12-19-15(2)18-11-7-6-10-17(18)13-20(19)16-8-4-3-5-9-16/h3-13H,1-2H3/b14-12+. The Hall–Kier alpha value is -2.05. The third kappa shape index (κ3) is 2.72. The average molecular weight is 293 g/mol. The maximum absolute atomic E-state index is 6.16. The normalized spacial score (nSPS) is 11.9. The Bertz CT molecular complexity index is 810. The average Bonchev–Trinajstić information content (AvgIpc) is 2.50. The van der Waals surface area contributed by atoms with Gasteiger partial charge >= 0.3 is 0 Å². The summed E-state index contributed by atoms with van der Waals surface area (Å²) in [5, 5.41) is 3.34. The lowest BCUT2D eigenvalue weighted by Gasteiger charge is -2.14. The van der Waals surface area contributed by atoms with Crippen LogP contribution in [0.1, 0.15) is 18.1 Å². The molecule has 0 atom stereocenters. The zero-order chi connectivity index (χ0) is 14.8. The molecule has 3 aromatic rings. The fourth-order valence-electron chi connectivity index (χ4n) is 2.79. The molecule has 1 heteroatoms. The van der Waals surface area contributed by atoms with E-state index in [0.29, 0.717) is 0 Å². The van der Waals surface area contributed by atoms with Crippen LogP contribution in [0.5, 0.6) is 0 Å². The van der Waals surface area contributed by atoms with Gasteiger partial charge in [0.2, 0.25) is 0 Å². The Labute approximate surface area is 130 Å². The van der Waals surface area contributed by atoms with Gasteiger partial charge in [-0.25, -0.2) is 0 Å². The maximum atomic E-state index is 6.16. The highest BCUT2D eigenvalue weighted by Crippen LogP contribution is 2.34. The van der Waals surface area contributed by atoms with Gasteiger partial charge < -0.3 is 0 Å². The number of halogens is 1. The van der Waals surface area contributed by atoms with Crippen LogP contribution in [0.25, 0.3) is 28.0 Å². The van der Waals surface area contributed by atoms with Gasteiger partial charge in [0.1, 0.15) is 0 Å². The van der Waals surface area contributed by atoms with Crippen LogP contribution >= 0.6 is 11.6 Å². The van der Waals surface area contributed by atoms with E-state index in [-0.39, 0.29) is 0 Å². The minimum absolute atomic E-state index is 0.797. The van der Waals surface area contributed by atoms with Gasteiger partial charge in [0.25, 0.3) is 0 Å². The van der Waals surface area contributed by atoms with Crippen molar-refractivity contribution in [1.82, 2.24) is 0 Å². The van der Waals surface area contributed by atoms with Crippen LogP contribution in [-0.4, -0.2) is 0 Å². The number of hydrogen-bond donors (Lipinski definition) is 0. The molecule has 21 heavy (non-hydrogen) atoms. The summed E-state index contributed by atoms with van der Waals surface area (Å²) in [7, 11) is 0. The van der Waals surface area contributed by atoms with E-state index in [1.54, 1.807) is 0 Å². The van der Waals surface area contributed by atoms with Gasteiger partial charge in [0.05, 0.1) is 0 Å². The van der Waals surface area contributed by atoms with Crippen molar-refractivity contribution < 1.29 is 0 Å². The molecule has 0 bridgehead atoms. The van der Waals surface area contributed by atoms with Crippen LogP contribution in [0.2, 0.25) is 0 Å². The summed E-state index contributed by atoms with van der Waals surface area (Å²) in [6.07, 6.45) is 2.06. The van der Waals surface area contributed by atoms with E-state index in [2.05, 4.69) is 67.6 Å². The van der Waals surface area contributed by atoms with E-state index in [1.807, 2.05) is 13.0 Å². The first-order valence-corrected chi connectivity index (χ1v) is 7.46. The van der Waals surface area contributed by atoms with Crippen LogP contribution < -0.4 is 0 Å². The zero-order valence-corrected chi connectivity index (χ0v) is 13.0. The highest BCUT2D eigenvalue weighted by atomic mass is 35.5. The van der Waals surface area contributed by atoms with E-state index in [9.17, 15) is 0 Å². The van der Waals surface area contributed by atoms with Gasteiger partial charge in [0.15, 0.2) is 0 Å². The fourth-order valence-corrected chi connectivity index (χ4v) is 2.90. The molecule has 0 saturated heterocycles. The summed E-state index contributed by atoms with van der Waals surface area (Å²) in [5.74, 6) is 0. The highest BCUT2D eigenvalue weighted by molar-refractivity contribution is 6.31. The highest BCUT2D eigenvalue weighted by Gasteiger charge is 2.10. The third-order valence-electron chi connectivity index (χ3n) is 3.79. The molecule has 0 radical (unpaired) electrons. The lowest BCUT2D eigenvalue weighted by Crippen LogP contribution is -1.91. The smallest absolute Gasteiger partial charge is 0.0156 e. The number of fused-ring (bicyclic) bond motifs is 1. The number of allylic oxidation sites excluding steroid dienone is 1.